The van der Waals surface area contributed by atoms with Gasteiger partial charge in [0.15, 0.2) is 5.84 Å². The van der Waals surface area contributed by atoms with Gasteiger partial charge in [0.2, 0.25) is 5.91 Å². The molecule has 1 saturated carbocycles. The molecule has 7 nitrogen and oxygen atoms in total. The summed E-state index contributed by atoms with van der Waals surface area (Å²) in [5, 5.41) is 18.8. The van der Waals surface area contributed by atoms with Gasteiger partial charge in [0, 0.05) is 18.4 Å². The van der Waals surface area contributed by atoms with E-state index in [0.717, 1.165) is 6.42 Å². The van der Waals surface area contributed by atoms with Crippen LogP contribution >= 0.6 is 0 Å². The number of amidine groups is 1. The third-order valence-corrected chi connectivity index (χ3v) is 3.64. The second kappa shape index (κ2) is 5.29. The van der Waals surface area contributed by atoms with Gasteiger partial charge in [-0.15, -0.1) is 0 Å². The number of nitrogens with zero attached hydrogens (tertiary/aromatic N) is 3. The molecule has 0 spiro atoms. The lowest BCUT2D eigenvalue weighted by molar-refractivity contribution is -0.131. The largest absolute Gasteiger partial charge is 0.409 e. The van der Waals surface area contributed by atoms with Gasteiger partial charge in [0.1, 0.15) is 5.41 Å². The number of carbonyl (C=O) groups is 1. The summed E-state index contributed by atoms with van der Waals surface area (Å²) in [6.45, 7) is 2.49. The second-order valence-corrected chi connectivity index (χ2v) is 5.02. The zero-order valence-electron chi connectivity index (χ0n) is 10.9. The monoisotopic (exact) mass is 265 g/mol. The number of carbonyl (C=O) groups excluding carboxylic acids is 1. The zero-order valence-corrected chi connectivity index (χ0v) is 10.9. The van der Waals surface area contributed by atoms with Crippen molar-refractivity contribution in [3.63, 3.8) is 0 Å². The van der Waals surface area contributed by atoms with Gasteiger partial charge in [-0.05, 0) is 25.8 Å². The van der Waals surface area contributed by atoms with E-state index < -0.39 is 5.41 Å². The summed E-state index contributed by atoms with van der Waals surface area (Å²) in [5.74, 6) is -0.170. The van der Waals surface area contributed by atoms with Crippen molar-refractivity contribution in [1.29, 1.82) is 0 Å². The first-order valence-corrected chi connectivity index (χ1v) is 6.35. The summed E-state index contributed by atoms with van der Waals surface area (Å²) in [6.07, 6.45) is 5.70. The molecule has 1 fully saturated rings. The van der Waals surface area contributed by atoms with Gasteiger partial charge in [-0.2, -0.15) is 5.10 Å². The third kappa shape index (κ3) is 2.54. The Morgan fingerprint density at radius 1 is 1.68 bits per heavy atom. The number of amides is 1. The maximum atomic E-state index is 12.3. The average molecular weight is 265 g/mol. The summed E-state index contributed by atoms with van der Waals surface area (Å²) in [7, 11) is 0. The molecule has 4 N–H and O–H groups in total. The molecule has 1 atom stereocenters. The fraction of sp³-hybridized carbons (Fsp3) is 0.583. The molecular weight excluding hydrogens is 246 g/mol. The maximum Gasteiger partial charge on any atom is 0.234 e. The molecule has 1 aliphatic rings. The van der Waals surface area contributed by atoms with Crippen LogP contribution in [0.1, 0.15) is 26.2 Å². The van der Waals surface area contributed by atoms with Gasteiger partial charge in [-0.25, -0.2) is 0 Å². The normalized spacial score (nSPS) is 19.5. The highest BCUT2D eigenvalue weighted by Gasteiger charge is 2.48. The van der Waals surface area contributed by atoms with Crippen LogP contribution in [0.2, 0.25) is 0 Å². The predicted molar refractivity (Wildman–Crippen MR) is 69.5 cm³/mol. The Kier molecular flexibility index (Phi) is 3.73. The molecule has 0 aliphatic heterocycles. The van der Waals surface area contributed by atoms with E-state index in [1.165, 1.54) is 0 Å². The number of rotatable bonds is 5. The SMILES string of the molecule is CC(Cn1cccn1)NC(=O)C1(/C(N)=N/O)CCC1. The van der Waals surface area contributed by atoms with E-state index >= 15 is 0 Å². The van der Waals surface area contributed by atoms with Gasteiger partial charge in [0.25, 0.3) is 0 Å². The number of hydrogen-bond donors (Lipinski definition) is 3. The first-order valence-electron chi connectivity index (χ1n) is 6.35. The van der Waals surface area contributed by atoms with Crippen LogP contribution in [0.15, 0.2) is 23.6 Å². The molecule has 1 aromatic rings. The third-order valence-electron chi connectivity index (χ3n) is 3.64. The molecule has 19 heavy (non-hydrogen) atoms. The summed E-state index contributed by atoms with van der Waals surface area (Å²) in [5.41, 5.74) is 4.82. The molecule has 1 aromatic heterocycles. The number of nitrogens with two attached hydrogens (primary N) is 1. The van der Waals surface area contributed by atoms with Crippen molar-refractivity contribution >= 4 is 11.7 Å². The van der Waals surface area contributed by atoms with E-state index in [-0.39, 0.29) is 17.8 Å². The molecule has 0 saturated heterocycles. The van der Waals surface area contributed by atoms with Crippen LogP contribution in [0, 0.1) is 5.41 Å². The highest BCUT2D eigenvalue weighted by Crippen LogP contribution is 2.41. The topological polar surface area (TPSA) is 106 Å². The molecule has 2 rings (SSSR count). The lowest BCUT2D eigenvalue weighted by atomic mass is 9.67. The van der Waals surface area contributed by atoms with Crippen LogP contribution in [-0.2, 0) is 11.3 Å². The minimum Gasteiger partial charge on any atom is -0.409 e. The van der Waals surface area contributed by atoms with Crippen LogP contribution in [0.4, 0.5) is 0 Å². The molecule has 0 aromatic carbocycles. The highest BCUT2D eigenvalue weighted by molar-refractivity contribution is 6.07. The fourth-order valence-corrected chi connectivity index (χ4v) is 2.32. The summed E-state index contributed by atoms with van der Waals surface area (Å²) in [6, 6.07) is 1.76. The summed E-state index contributed by atoms with van der Waals surface area (Å²) < 4.78 is 1.75. The van der Waals surface area contributed by atoms with E-state index in [9.17, 15) is 4.79 Å². The van der Waals surface area contributed by atoms with Crippen molar-refractivity contribution in [1.82, 2.24) is 15.1 Å². The molecule has 1 amide bonds. The molecular formula is C12H19N5O2. The smallest absolute Gasteiger partial charge is 0.234 e. The quantitative estimate of drug-likeness (QED) is 0.308. The van der Waals surface area contributed by atoms with Crippen molar-refractivity contribution in [2.45, 2.75) is 38.8 Å². The minimum absolute atomic E-state index is 0.00235. The molecule has 0 radical (unpaired) electrons. The van der Waals surface area contributed by atoms with Crippen LogP contribution in [-0.4, -0.2) is 32.8 Å². The summed E-state index contributed by atoms with van der Waals surface area (Å²) >= 11 is 0. The molecule has 104 valence electrons. The molecule has 1 unspecified atom stereocenters. The van der Waals surface area contributed by atoms with E-state index in [0.29, 0.717) is 19.4 Å². The zero-order chi connectivity index (χ0) is 13.9. The Bertz CT molecular complexity index is 464. The van der Waals surface area contributed by atoms with Crippen molar-refractivity contribution < 1.29 is 10.0 Å². The standard InChI is InChI=1S/C12H19N5O2/c1-9(8-17-7-3-6-14-17)15-11(18)12(4-2-5-12)10(13)16-19/h3,6-7,9,19H,2,4-5,8H2,1H3,(H2,13,16)(H,15,18). The Hall–Kier alpha value is -2.05. The van der Waals surface area contributed by atoms with E-state index in [1.807, 2.05) is 19.2 Å². The average Bonchev–Trinajstić information content (AvgIpc) is 2.79. The first-order chi connectivity index (χ1) is 9.08. The molecule has 7 heteroatoms. The number of nitrogens with one attached hydrogen (secondary N) is 1. The van der Waals surface area contributed by atoms with E-state index in [1.54, 1.807) is 10.9 Å². The molecule has 1 heterocycles. The maximum absolute atomic E-state index is 12.3. The fourth-order valence-electron chi connectivity index (χ4n) is 2.32. The number of aromatic nitrogens is 2. The van der Waals surface area contributed by atoms with Crippen molar-refractivity contribution in [3.05, 3.63) is 18.5 Å². The Balaban J connectivity index is 1.96. The van der Waals surface area contributed by atoms with Crippen molar-refractivity contribution in [2.75, 3.05) is 0 Å². The van der Waals surface area contributed by atoms with Crippen LogP contribution in [0.25, 0.3) is 0 Å². The van der Waals surface area contributed by atoms with Crippen LogP contribution in [0.5, 0.6) is 0 Å². The van der Waals surface area contributed by atoms with Gasteiger partial charge >= 0.3 is 0 Å². The Morgan fingerprint density at radius 2 is 2.42 bits per heavy atom. The van der Waals surface area contributed by atoms with Gasteiger partial charge in [-0.3, -0.25) is 9.48 Å². The second-order valence-electron chi connectivity index (χ2n) is 5.02. The lowest BCUT2D eigenvalue weighted by Gasteiger charge is -2.39. The highest BCUT2D eigenvalue weighted by atomic mass is 16.4. The van der Waals surface area contributed by atoms with Gasteiger partial charge in [-0.1, -0.05) is 11.6 Å². The van der Waals surface area contributed by atoms with Crippen molar-refractivity contribution in [3.8, 4) is 0 Å². The van der Waals surface area contributed by atoms with E-state index in [4.69, 9.17) is 10.9 Å². The van der Waals surface area contributed by atoms with Gasteiger partial charge in [0.05, 0.1) is 6.54 Å². The summed E-state index contributed by atoms with van der Waals surface area (Å²) in [4.78, 5) is 12.3. The molecule has 0 bridgehead atoms. The minimum atomic E-state index is -0.826. The van der Waals surface area contributed by atoms with Crippen molar-refractivity contribution in [2.24, 2.45) is 16.3 Å². The number of hydrogen-bond acceptors (Lipinski definition) is 4. The Morgan fingerprint density at radius 3 is 2.89 bits per heavy atom. The predicted octanol–water partition coefficient (Wildman–Crippen LogP) is 0.305. The van der Waals surface area contributed by atoms with E-state index in [2.05, 4.69) is 15.6 Å². The molecule has 1 aliphatic carbocycles. The van der Waals surface area contributed by atoms with Crippen LogP contribution < -0.4 is 11.1 Å². The lowest BCUT2D eigenvalue weighted by Crippen LogP contribution is -2.56. The number of oxime groups is 1. The van der Waals surface area contributed by atoms with Gasteiger partial charge < -0.3 is 16.3 Å². The first kappa shape index (κ1) is 13.4. The van der Waals surface area contributed by atoms with Crippen LogP contribution in [0.3, 0.4) is 0 Å². The Labute approximate surface area is 111 Å².